The van der Waals surface area contributed by atoms with E-state index in [0.717, 1.165) is 0 Å². The first-order valence-corrected chi connectivity index (χ1v) is 4.15. The predicted octanol–water partition coefficient (Wildman–Crippen LogP) is 3.20. The van der Waals surface area contributed by atoms with Crippen molar-refractivity contribution in [2.24, 2.45) is 0 Å². The van der Waals surface area contributed by atoms with Gasteiger partial charge in [0.2, 0.25) is 0 Å². The highest BCUT2D eigenvalue weighted by molar-refractivity contribution is 6.13. The normalized spacial score (nSPS) is 11.4. The van der Waals surface area contributed by atoms with E-state index in [9.17, 15) is 18.0 Å². The molecule has 0 aliphatic carbocycles. The van der Waals surface area contributed by atoms with Crippen LogP contribution in [0.25, 0.3) is 0 Å². The van der Waals surface area contributed by atoms with E-state index in [2.05, 4.69) is 4.29 Å². The fraction of sp³-hybridized carbons (Fsp3) is 0.857. The van der Waals surface area contributed by atoms with Gasteiger partial charge in [-0.05, 0) is 12.8 Å². The van der Waals surface area contributed by atoms with Gasteiger partial charge >= 0.3 is 12.1 Å². The van der Waals surface area contributed by atoms with Crippen LogP contribution < -0.4 is 0 Å². The lowest BCUT2D eigenvalue weighted by Gasteiger charge is -2.04. The van der Waals surface area contributed by atoms with Crippen molar-refractivity contribution in [1.82, 2.24) is 0 Å². The highest BCUT2D eigenvalue weighted by Gasteiger charge is 2.25. The molecular formula is C7H10ClF3O2. The van der Waals surface area contributed by atoms with Gasteiger partial charge in [-0.3, -0.25) is 4.79 Å². The quantitative estimate of drug-likeness (QED) is 0.663. The second-order valence-corrected chi connectivity index (χ2v) is 2.78. The lowest BCUT2D eigenvalue weighted by atomic mass is 10.1. The van der Waals surface area contributed by atoms with Gasteiger partial charge in [-0.1, -0.05) is 6.42 Å². The Balaban J connectivity index is 3.22. The second-order valence-electron chi connectivity index (χ2n) is 2.62. The topological polar surface area (TPSA) is 26.3 Å². The van der Waals surface area contributed by atoms with Crippen molar-refractivity contribution in [3.8, 4) is 0 Å². The average Bonchev–Trinajstić information content (AvgIpc) is 2.01. The molecule has 78 valence electrons. The van der Waals surface area contributed by atoms with E-state index in [1.807, 2.05) is 0 Å². The number of rotatable bonds is 5. The van der Waals surface area contributed by atoms with E-state index in [4.69, 9.17) is 11.9 Å². The summed E-state index contributed by atoms with van der Waals surface area (Å²) in [7, 11) is 0. The average molecular weight is 219 g/mol. The van der Waals surface area contributed by atoms with Gasteiger partial charge in [-0.25, -0.2) is 0 Å². The zero-order valence-electron chi connectivity index (χ0n) is 6.86. The Morgan fingerprint density at radius 3 is 2.31 bits per heavy atom. The molecule has 0 unspecified atom stereocenters. The number of hydrogen-bond donors (Lipinski definition) is 0. The Morgan fingerprint density at radius 2 is 1.85 bits per heavy atom. The Hall–Kier alpha value is -0.450. The molecule has 0 radical (unpaired) electrons. The summed E-state index contributed by atoms with van der Waals surface area (Å²) in [5, 5.41) is 0. The van der Waals surface area contributed by atoms with Gasteiger partial charge in [0, 0.05) is 12.8 Å². The molecule has 0 aromatic carbocycles. The summed E-state index contributed by atoms with van der Waals surface area (Å²) in [5.41, 5.74) is 0. The van der Waals surface area contributed by atoms with Gasteiger partial charge in [-0.2, -0.15) is 13.2 Å². The molecule has 6 heteroatoms. The molecule has 0 bridgehead atoms. The Kier molecular flexibility index (Phi) is 5.86. The van der Waals surface area contributed by atoms with Crippen molar-refractivity contribution in [2.75, 3.05) is 0 Å². The van der Waals surface area contributed by atoms with E-state index >= 15 is 0 Å². The van der Waals surface area contributed by atoms with Crippen LogP contribution in [0.2, 0.25) is 0 Å². The molecule has 0 spiro atoms. The second kappa shape index (κ2) is 6.07. The number of halogens is 4. The maximum Gasteiger partial charge on any atom is 0.389 e. The Labute approximate surface area is 79.2 Å². The Bertz CT molecular complexity index is 158. The fourth-order valence-electron chi connectivity index (χ4n) is 0.810. The number of carbonyl (C=O) groups excluding carboxylic acids is 1. The maximum absolute atomic E-state index is 11.6. The van der Waals surface area contributed by atoms with Crippen LogP contribution in [0.1, 0.15) is 32.1 Å². The number of unbranched alkanes of at least 4 members (excludes halogenated alkanes) is 2. The molecule has 0 N–H and O–H groups in total. The molecule has 0 atom stereocenters. The van der Waals surface area contributed by atoms with Gasteiger partial charge in [0.1, 0.15) is 11.9 Å². The zero-order chi connectivity index (χ0) is 10.3. The molecule has 0 fully saturated rings. The van der Waals surface area contributed by atoms with Gasteiger partial charge in [0.25, 0.3) is 0 Å². The first-order valence-electron chi connectivity index (χ1n) is 3.84. The van der Waals surface area contributed by atoms with Crippen LogP contribution in [0.3, 0.4) is 0 Å². The van der Waals surface area contributed by atoms with Crippen LogP contribution in [0.4, 0.5) is 13.2 Å². The lowest BCUT2D eigenvalue weighted by molar-refractivity contribution is -0.135. The number of carbonyl (C=O) groups is 1. The lowest BCUT2D eigenvalue weighted by Crippen LogP contribution is -2.06. The van der Waals surface area contributed by atoms with E-state index in [1.54, 1.807) is 0 Å². The highest BCUT2D eigenvalue weighted by atomic mass is 35.5. The number of hydrogen-bond acceptors (Lipinski definition) is 2. The van der Waals surface area contributed by atoms with Gasteiger partial charge in [-0.15, -0.1) is 0 Å². The van der Waals surface area contributed by atoms with Crippen molar-refractivity contribution < 1.29 is 22.3 Å². The molecular weight excluding hydrogens is 209 g/mol. The summed E-state index contributed by atoms with van der Waals surface area (Å²) in [6.07, 6.45) is -4.07. The van der Waals surface area contributed by atoms with Crippen LogP contribution in [-0.2, 0) is 9.08 Å². The van der Waals surface area contributed by atoms with Crippen molar-refractivity contribution in [3.63, 3.8) is 0 Å². The summed E-state index contributed by atoms with van der Waals surface area (Å²) in [6.45, 7) is 0. The van der Waals surface area contributed by atoms with Crippen LogP contribution in [-0.4, -0.2) is 12.1 Å². The third-order valence-electron chi connectivity index (χ3n) is 1.43. The molecule has 0 amide bonds. The SMILES string of the molecule is O=C(CCCCCC(F)(F)F)OCl. The van der Waals surface area contributed by atoms with Crippen LogP contribution in [0.5, 0.6) is 0 Å². The van der Waals surface area contributed by atoms with E-state index in [-0.39, 0.29) is 12.8 Å². The molecule has 0 aromatic heterocycles. The summed E-state index contributed by atoms with van der Waals surface area (Å²) in [4.78, 5) is 10.4. The smallest absolute Gasteiger partial charge is 0.348 e. The van der Waals surface area contributed by atoms with Crippen molar-refractivity contribution in [2.45, 2.75) is 38.3 Å². The van der Waals surface area contributed by atoms with Crippen molar-refractivity contribution >= 4 is 17.8 Å². The van der Waals surface area contributed by atoms with Crippen LogP contribution in [0, 0.1) is 0 Å². The molecule has 0 saturated heterocycles. The fourth-order valence-corrected chi connectivity index (χ4v) is 0.887. The molecule has 0 heterocycles. The van der Waals surface area contributed by atoms with Crippen LogP contribution >= 0.6 is 11.9 Å². The summed E-state index contributed by atoms with van der Waals surface area (Å²) in [5.74, 6) is -0.603. The van der Waals surface area contributed by atoms with Crippen molar-refractivity contribution in [3.05, 3.63) is 0 Å². The predicted molar refractivity (Wildman–Crippen MR) is 41.1 cm³/mol. The standard InChI is InChI=1S/C7H10ClF3O2/c8-13-6(12)4-2-1-3-5-7(9,10)11/h1-5H2. The minimum atomic E-state index is -4.10. The minimum Gasteiger partial charge on any atom is -0.348 e. The van der Waals surface area contributed by atoms with Crippen LogP contribution in [0.15, 0.2) is 0 Å². The molecule has 0 saturated carbocycles. The first-order chi connectivity index (χ1) is 5.95. The summed E-state index contributed by atoms with van der Waals surface area (Å²) < 4.78 is 38.6. The third-order valence-corrected chi connectivity index (χ3v) is 1.60. The zero-order valence-corrected chi connectivity index (χ0v) is 7.62. The van der Waals surface area contributed by atoms with E-state index in [0.29, 0.717) is 12.8 Å². The molecule has 0 aromatic rings. The Morgan fingerprint density at radius 1 is 1.23 bits per heavy atom. The summed E-state index contributed by atoms with van der Waals surface area (Å²) in [6, 6.07) is 0. The van der Waals surface area contributed by atoms with Crippen molar-refractivity contribution in [1.29, 1.82) is 0 Å². The molecule has 13 heavy (non-hydrogen) atoms. The minimum absolute atomic E-state index is 0.0407. The van der Waals surface area contributed by atoms with Gasteiger partial charge < -0.3 is 4.29 Å². The largest absolute Gasteiger partial charge is 0.389 e. The molecule has 0 rings (SSSR count). The third kappa shape index (κ3) is 9.46. The molecule has 0 aliphatic heterocycles. The number of alkyl halides is 3. The molecule has 0 aliphatic rings. The molecule has 2 nitrogen and oxygen atoms in total. The van der Waals surface area contributed by atoms with E-state index < -0.39 is 18.6 Å². The highest BCUT2D eigenvalue weighted by Crippen LogP contribution is 2.22. The van der Waals surface area contributed by atoms with E-state index in [1.165, 1.54) is 0 Å². The summed E-state index contributed by atoms with van der Waals surface area (Å²) >= 11 is 4.71. The van der Waals surface area contributed by atoms with Gasteiger partial charge in [0.05, 0.1) is 0 Å². The first kappa shape index (κ1) is 12.6. The monoisotopic (exact) mass is 218 g/mol. The maximum atomic E-state index is 11.6. The van der Waals surface area contributed by atoms with Gasteiger partial charge in [0.15, 0.2) is 0 Å².